The number of azo groups is 1. The van der Waals surface area contributed by atoms with Gasteiger partial charge in [0.1, 0.15) is 0 Å². The molecule has 8 heteroatoms. The van der Waals surface area contributed by atoms with Crippen molar-refractivity contribution in [2.75, 3.05) is 6.54 Å². The first-order valence-electron chi connectivity index (χ1n) is 9.72. The van der Waals surface area contributed by atoms with Crippen molar-refractivity contribution in [3.63, 3.8) is 0 Å². The summed E-state index contributed by atoms with van der Waals surface area (Å²) in [6, 6.07) is 14.7. The Morgan fingerprint density at radius 1 is 1.07 bits per heavy atom. The lowest BCUT2D eigenvalue weighted by molar-refractivity contribution is -0.118. The third-order valence-corrected chi connectivity index (χ3v) is 5.47. The maximum atomic E-state index is 12.1. The Morgan fingerprint density at radius 2 is 1.80 bits per heavy atom. The van der Waals surface area contributed by atoms with E-state index in [1.807, 2.05) is 42.5 Å². The molecular formula is C22H23BrN4O3. The number of nitrogens with one attached hydrogen (secondary N) is 1. The number of aromatic nitrogens is 1. The van der Waals surface area contributed by atoms with E-state index in [2.05, 4.69) is 31.5 Å². The Morgan fingerprint density at radius 3 is 2.60 bits per heavy atom. The first-order chi connectivity index (χ1) is 14.5. The van der Waals surface area contributed by atoms with Crippen LogP contribution in [0.15, 0.2) is 63.2 Å². The Labute approximate surface area is 182 Å². The molecule has 0 bridgehead atoms. The molecule has 7 nitrogen and oxygen atoms in total. The summed E-state index contributed by atoms with van der Waals surface area (Å²) in [5.41, 5.74) is 1.72. The topological polar surface area (TPSA) is 96.0 Å². The standard InChI is InChI=1S/C22H23BrN4O3/c1-27-18-12-7-5-10-16(18)20(22(27)30)26-25-19(28)13-3-2-8-14-24-21(29)15-9-4-6-11-17(15)23/h4-7,9-12,30H,2-3,8,13-14H2,1H3,(H,24,29). The lowest BCUT2D eigenvalue weighted by atomic mass is 10.2. The Bertz CT molecular complexity index is 1090. The van der Waals surface area contributed by atoms with Crippen molar-refractivity contribution in [2.24, 2.45) is 17.3 Å². The second-order valence-corrected chi connectivity index (χ2v) is 7.74. The molecule has 3 aromatic rings. The van der Waals surface area contributed by atoms with Crippen LogP contribution in [0.2, 0.25) is 0 Å². The molecule has 0 aliphatic carbocycles. The molecule has 2 N–H and O–H groups in total. The van der Waals surface area contributed by atoms with Gasteiger partial charge in [0, 0.05) is 29.9 Å². The first-order valence-corrected chi connectivity index (χ1v) is 10.5. The third kappa shape index (κ3) is 5.13. The van der Waals surface area contributed by atoms with E-state index in [0.29, 0.717) is 24.2 Å². The predicted octanol–water partition coefficient (Wildman–Crippen LogP) is 5.25. The number of carbonyl (C=O) groups excluding carboxylic acids is 2. The van der Waals surface area contributed by atoms with Crippen LogP contribution >= 0.6 is 15.9 Å². The monoisotopic (exact) mass is 470 g/mol. The van der Waals surface area contributed by atoms with Gasteiger partial charge in [0.2, 0.25) is 5.88 Å². The second kappa shape index (κ2) is 10.2. The van der Waals surface area contributed by atoms with Crippen LogP contribution in [0.5, 0.6) is 5.88 Å². The van der Waals surface area contributed by atoms with Gasteiger partial charge in [0.15, 0.2) is 5.69 Å². The van der Waals surface area contributed by atoms with Gasteiger partial charge >= 0.3 is 0 Å². The van der Waals surface area contributed by atoms with Gasteiger partial charge in [-0.2, -0.15) is 0 Å². The van der Waals surface area contributed by atoms with Crippen LogP contribution in [-0.2, 0) is 11.8 Å². The van der Waals surface area contributed by atoms with Crippen LogP contribution in [0, 0.1) is 0 Å². The second-order valence-electron chi connectivity index (χ2n) is 6.89. The number of hydrogen-bond donors (Lipinski definition) is 2. The number of aryl methyl sites for hydroxylation is 1. The molecule has 3 rings (SSSR count). The molecule has 0 saturated heterocycles. The SMILES string of the molecule is Cn1c(O)c(N=NC(=O)CCCCCNC(=O)c2ccccc2Br)c2ccccc21. The van der Waals surface area contributed by atoms with Crippen LogP contribution < -0.4 is 5.32 Å². The number of unbranched alkanes of at least 4 members (excludes halogenated alkanes) is 2. The highest BCUT2D eigenvalue weighted by Crippen LogP contribution is 2.37. The summed E-state index contributed by atoms with van der Waals surface area (Å²) in [4.78, 5) is 24.1. The summed E-state index contributed by atoms with van der Waals surface area (Å²) in [6.07, 6.45) is 2.49. The maximum Gasteiger partial charge on any atom is 0.264 e. The summed E-state index contributed by atoms with van der Waals surface area (Å²) < 4.78 is 2.37. The summed E-state index contributed by atoms with van der Waals surface area (Å²) in [5.74, 6) is -0.477. The van der Waals surface area contributed by atoms with Crippen molar-refractivity contribution in [1.29, 1.82) is 0 Å². The fraction of sp³-hybridized carbons (Fsp3) is 0.273. The molecule has 2 amide bonds. The number of nitrogens with zero attached hydrogens (tertiary/aromatic N) is 3. The minimum Gasteiger partial charge on any atom is -0.493 e. The Kier molecular flexibility index (Phi) is 7.35. The zero-order chi connectivity index (χ0) is 21.5. The molecule has 0 aliphatic heterocycles. The molecule has 2 aromatic carbocycles. The molecule has 0 aliphatic rings. The Balaban J connectivity index is 1.41. The van der Waals surface area contributed by atoms with Crippen LogP contribution in [0.4, 0.5) is 5.69 Å². The smallest absolute Gasteiger partial charge is 0.264 e. The molecular weight excluding hydrogens is 448 g/mol. The highest BCUT2D eigenvalue weighted by Gasteiger charge is 2.14. The van der Waals surface area contributed by atoms with Crippen molar-refractivity contribution in [2.45, 2.75) is 25.7 Å². The normalized spacial score (nSPS) is 11.3. The molecule has 0 unspecified atom stereocenters. The van der Waals surface area contributed by atoms with Crippen molar-refractivity contribution in [3.05, 3.63) is 58.6 Å². The number of halogens is 1. The van der Waals surface area contributed by atoms with Gasteiger partial charge in [-0.1, -0.05) is 36.8 Å². The van der Waals surface area contributed by atoms with Gasteiger partial charge in [0.05, 0.1) is 11.1 Å². The largest absolute Gasteiger partial charge is 0.493 e. The van der Waals surface area contributed by atoms with Crippen molar-refractivity contribution >= 4 is 44.3 Å². The number of benzene rings is 2. The highest BCUT2D eigenvalue weighted by molar-refractivity contribution is 9.10. The summed E-state index contributed by atoms with van der Waals surface area (Å²) in [6.45, 7) is 0.541. The number of carbonyl (C=O) groups is 2. The van der Waals surface area contributed by atoms with Gasteiger partial charge < -0.3 is 15.0 Å². The van der Waals surface area contributed by atoms with Crippen molar-refractivity contribution in [3.8, 4) is 5.88 Å². The first kappa shape index (κ1) is 21.7. The molecule has 0 atom stereocenters. The molecule has 30 heavy (non-hydrogen) atoms. The average molecular weight is 471 g/mol. The highest BCUT2D eigenvalue weighted by atomic mass is 79.9. The zero-order valence-corrected chi connectivity index (χ0v) is 18.2. The molecule has 1 heterocycles. The number of hydrogen-bond acceptors (Lipinski definition) is 4. The van der Waals surface area contributed by atoms with E-state index in [0.717, 1.165) is 28.2 Å². The minimum atomic E-state index is -0.334. The summed E-state index contributed by atoms with van der Waals surface area (Å²) in [7, 11) is 1.73. The van der Waals surface area contributed by atoms with E-state index in [1.54, 1.807) is 17.7 Å². The number of rotatable bonds is 8. The van der Waals surface area contributed by atoms with E-state index in [1.165, 1.54) is 0 Å². The number of aromatic hydroxyl groups is 1. The number of amides is 2. The van der Waals surface area contributed by atoms with E-state index in [4.69, 9.17) is 0 Å². The van der Waals surface area contributed by atoms with Gasteiger partial charge in [-0.25, -0.2) is 0 Å². The van der Waals surface area contributed by atoms with Crippen LogP contribution in [0.3, 0.4) is 0 Å². The molecule has 1 aromatic heterocycles. The summed E-state index contributed by atoms with van der Waals surface area (Å²) in [5, 5.41) is 21.6. The van der Waals surface area contributed by atoms with Gasteiger partial charge in [-0.15, -0.1) is 10.2 Å². The van der Waals surface area contributed by atoms with Crippen molar-refractivity contribution in [1.82, 2.24) is 9.88 Å². The van der Waals surface area contributed by atoms with E-state index in [9.17, 15) is 14.7 Å². The molecule has 156 valence electrons. The lowest BCUT2D eigenvalue weighted by Crippen LogP contribution is -2.24. The van der Waals surface area contributed by atoms with Crippen LogP contribution in [0.25, 0.3) is 10.9 Å². The maximum absolute atomic E-state index is 12.1. The fourth-order valence-electron chi connectivity index (χ4n) is 3.13. The third-order valence-electron chi connectivity index (χ3n) is 4.78. The van der Waals surface area contributed by atoms with Gasteiger partial charge in [-0.3, -0.25) is 9.59 Å². The fourth-order valence-corrected chi connectivity index (χ4v) is 3.60. The molecule has 0 saturated carbocycles. The van der Waals surface area contributed by atoms with Gasteiger partial charge in [0.25, 0.3) is 11.8 Å². The lowest BCUT2D eigenvalue weighted by Gasteiger charge is -2.06. The van der Waals surface area contributed by atoms with Gasteiger partial charge in [-0.05, 0) is 47.0 Å². The number of fused-ring (bicyclic) bond motifs is 1. The molecule has 0 spiro atoms. The zero-order valence-electron chi connectivity index (χ0n) is 16.6. The van der Waals surface area contributed by atoms with E-state index < -0.39 is 0 Å². The molecule has 0 fully saturated rings. The van der Waals surface area contributed by atoms with Crippen LogP contribution in [-0.4, -0.2) is 28.0 Å². The predicted molar refractivity (Wildman–Crippen MR) is 119 cm³/mol. The Hall–Kier alpha value is -3.00. The summed E-state index contributed by atoms with van der Waals surface area (Å²) >= 11 is 3.36. The van der Waals surface area contributed by atoms with E-state index in [-0.39, 0.29) is 24.1 Å². The van der Waals surface area contributed by atoms with Crippen molar-refractivity contribution < 1.29 is 14.7 Å². The molecule has 0 radical (unpaired) electrons. The number of para-hydroxylation sites is 1. The minimum absolute atomic E-state index is 0.0199. The average Bonchev–Trinajstić information content (AvgIpc) is 2.99. The van der Waals surface area contributed by atoms with Crippen LogP contribution in [0.1, 0.15) is 36.0 Å². The quantitative estimate of drug-likeness (QED) is 0.347. The van der Waals surface area contributed by atoms with E-state index >= 15 is 0 Å².